The number of rotatable bonds is 26. The molecule has 14 atom stereocenters. The summed E-state index contributed by atoms with van der Waals surface area (Å²) in [5, 5.41) is 72.1. The predicted molar refractivity (Wildman–Crippen MR) is 408 cm³/mol. The van der Waals surface area contributed by atoms with Crippen molar-refractivity contribution in [3.63, 3.8) is 0 Å². The number of aliphatic carboxylic acids is 1. The number of nitrogens with zero attached hydrogens (tertiary/aromatic N) is 8. The smallest absolute Gasteiger partial charge is 0.481 e. The van der Waals surface area contributed by atoms with Gasteiger partial charge in [-0.25, -0.2) is 9.79 Å². The molecule has 0 amide bonds. The molecule has 9 rings (SSSR count). The Kier molecular flexibility index (Phi) is 31.0. The SMILES string of the molecule is C.C=C1N=C(N)C(C#CC)=CN1[C@@H]1O[C@H](CCP(=C)(C)C)[C@@H](O)[C@H]1O.C=P(C)(C)CC[C@H]1O[C@@H](n2ccc(N)nc2=NCCCCC(C)C(=O)O)[C@H](O)[C@@H]1O.C=P(C)(C)CC[C@H]1O[C@@H](n2ccc(N)nc2=NCCCCC(C)C(=O)OC(=O)OCC2c3ccccc3-c3ccccc32)[C@H](O)[C@@H]1O. The Morgan fingerprint density at radius 1 is 0.627 bits per heavy atom. The van der Waals surface area contributed by atoms with Gasteiger partial charge in [-0.05, 0) is 145 Å². The van der Waals surface area contributed by atoms with Crippen molar-refractivity contribution in [3.05, 3.63) is 120 Å². The number of benzene rings is 2. The first-order chi connectivity index (χ1) is 47.6. The Morgan fingerprint density at radius 3 is 1.46 bits per heavy atom. The zero-order chi connectivity index (χ0) is 74.3. The van der Waals surface area contributed by atoms with Crippen LogP contribution in [0.4, 0.5) is 16.4 Å². The van der Waals surface area contributed by atoms with Gasteiger partial charge in [0.2, 0.25) is 11.2 Å². The van der Waals surface area contributed by atoms with Crippen LogP contribution in [0.1, 0.15) is 115 Å². The lowest BCUT2D eigenvalue weighted by molar-refractivity contribution is -0.144. The van der Waals surface area contributed by atoms with Crippen molar-refractivity contribution >= 4 is 75.1 Å². The van der Waals surface area contributed by atoms with Crippen molar-refractivity contribution in [3.8, 4) is 23.0 Å². The predicted octanol–water partition coefficient (Wildman–Crippen LogP) is 6.58. The molecule has 562 valence electrons. The number of amidine groups is 1. The number of aliphatic hydroxyl groups is 6. The van der Waals surface area contributed by atoms with E-state index in [1.807, 2.05) is 36.4 Å². The van der Waals surface area contributed by atoms with Crippen molar-refractivity contribution in [1.29, 1.82) is 0 Å². The molecule has 0 saturated carbocycles. The molecule has 3 saturated heterocycles. The summed E-state index contributed by atoms with van der Waals surface area (Å²) in [5.41, 5.74) is 23.1. The summed E-state index contributed by atoms with van der Waals surface area (Å²) < 4.78 is 31.5. The number of nitrogen functional groups attached to an aromatic ring is 2. The number of aromatic nitrogens is 4. The van der Waals surface area contributed by atoms with Crippen molar-refractivity contribution in [2.24, 2.45) is 32.5 Å². The summed E-state index contributed by atoms with van der Waals surface area (Å²) in [4.78, 5) is 59.3. The second-order valence-electron chi connectivity index (χ2n) is 28.4. The van der Waals surface area contributed by atoms with Gasteiger partial charge < -0.3 is 81.5 Å². The van der Waals surface area contributed by atoms with Crippen molar-refractivity contribution in [2.75, 3.05) is 89.6 Å². The largest absolute Gasteiger partial charge is 0.516 e. The number of fused-ring (bicyclic) bond motifs is 3. The van der Waals surface area contributed by atoms with Gasteiger partial charge in [-0.2, -0.15) is 9.97 Å². The molecule has 4 aliphatic heterocycles. The minimum atomic E-state index is -1.32. The van der Waals surface area contributed by atoms with Crippen LogP contribution in [0.3, 0.4) is 0 Å². The number of hydrogen-bond donors (Lipinski definition) is 10. The van der Waals surface area contributed by atoms with E-state index in [0.717, 1.165) is 47.2 Å². The number of ether oxygens (including phenoxy) is 5. The van der Waals surface area contributed by atoms with Crippen LogP contribution in [0, 0.1) is 23.7 Å². The van der Waals surface area contributed by atoms with Gasteiger partial charge in [-0.1, -0.05) is 95.1 Å². The first kappa shape index (κ1) is 84.0. The number of nitrogens with two attached hydrogens (primary N) is 3. The monoisotopic (exact) mass is 1470 g/mol. The Hall–Kier alpha value is -6.94. The van der Waals surface area contributed by atoms with E-state index in [2.05, 4.69) is 114 Å². The van der Waals surface area contributed by atoms with Crippen LogP contribution in [0.5, 0.6) is 0 Å². The lowest BCUT2D eigenvalue weighted by atomic mass is 9.98. The normalized spacial score (nSPS) is 24.9. The van der Waals surface area contributed by atoms with Gasteiger partial charge in [0.1, 0.15) is 66.5 Å². The number of esters is 1. The third-order valence-electron chi connectivity index (χ3n) is 17.9. The fraction of sp³-hybridized carbons (Fsp3) is 0.548. The summed E-state index contributed by atoms with van der Waals surface area (Å²) in [6, 6.07) is 19.2. The summed E-state index contributed by atoms with van der Waals surface area (Å²) in [5.74, 6) is 4.34. The number of carboxylic acids is 1. The first-order valence-corrected chi connectivity index (χ1v) is 43.2. The topological polar surface area (TPSA) is 393 Å². The molecule has 2 unspecified atom stereocenters. The maximum absolute atomic E-state index is 12.6. The van der Waals surface area contributed by atoms with Crippen LogP contribution in [0.2, 0.25) is 0 Å². The van der Waals surface area contributed by atoms with E-state index in [4.69, 9.17) is 46.0 Å². The molecular weight excluding hydrogens is 1360 g/mol. The van der Waals surface area contributed by atoms with Crippen molar-refractivity contribution in [1.82, 2.24) is 24.0 Å². The number of unbranched alkanes of at least 4 members (excludes halogenated alkanes) is 2. The van der Waals surface area contributed by atoms with Gasteiger partial charge >= 0.3 is 18.1 Å². The number of hydrogen-bond acceptors (Lipinski definition) is 23. The molecular formula is C73H110N11O15P3. The number of aliphatic hydroxyl groups excluding tert-OH is 6. The van der Waals surface area contributed by atoms with E-state index in [-0.39, 0.29) is 49.0 Å². The van der Waals surface area contributed by atoms with Crippen LogP contribution in [0.15, 0.2) is 112 Å². The molecule has 1 aliphatic carbocycles. The molecule has 26 nitrogen and oxygen atoms in total. The zero-order valence-corrected chi connectivity index (χ0v) is 62.3. The van der Waals surface area contributed by atoms with Crippen molar-refractivity contribution < 1.29 is 73.8 Å². The van der Waals surface area contributed by atoms with Crippen LogP contribution in [-0.4, -0.2) is 242 Å². The third kappa shape index (κ3) is 23.5. The molecule has 2 aromatic carbocycles. The molecule has 6 heterocycles. The molecule has 3 fully saturated rings. The number of anilines is 2. The van der Waals surface area contributed by atoms with Gasteiger partial charge in [0, 0.05) is 37.6 Å². The average molecular weight is 1470 g/mol. The highest BCUT2D eigenvalue weighted by Gasteiger charge is 2.47. The standard InChI is InChI=1S/C35H45N4O7P.C20H35N4O5P.C17H26N3O3P.CH4/c1-22(33(42)46-35(43)44-21-27-25-14-7-5-12-23(25)24-13-6-8-15-26(24)27)11-9-10-18-37-34-38-29(36)16-19-39(34)32-31(41)30(40)28(45-32)17-20-47(2,3)4;1-13(19(27)28)7-5-6-10-22-20-23-15(21)8-11-24(20)18-17(26)16(25)14(29-18)9-12-30(2,3)4;1-6-7-12-10-20(11(2)19-16(12)18)17-15(22)14(21)13(23-17)8-9-24(3,4)5;/h5-8,12-16,19,22,27-28,30-32,40-41H,2,9-11,17-18,20-21H2,1,3-4H3,(H2,36,37,38);8,11,13-14,16-18,25-26H,2,5-7,9-10,12H2,1,3-4H3,(H,27,28)(H2,21,22,23);10,13-15,17,21-22H,2-3,8-9H2,1,4-5H3,(H2,18,19);1H4/t22?,28-,30-,31-,32-;13?,14-,16-,17-,18-;13-,14-,15-,17-;/m111./s1. The molecule has 29 heteroatoms. The van der Waals surface area contributed by atoms with E-state index in [9.17, 15) is 45.0 Å². The number of carbonyl (C=O) groups is 3. The highest BCUT2D eigenvalue weighted by atomic mass is 31.2. The molecule has 4 aromatic rings. The molecule has 2 aromatic heterocycles. The van der Waals surface area contributed by atoms with Crippen LogP contribution in [0.25, 0.3) is 11.1 Å². The quantitative estimate of drug-likeness (QED) is 0.0104. The average Bonchev–Trinajstić information content (AvgIpc) is 1.63. The Morgan fingerprint density at radius 2 is 1.04 bits per heavy atom. The van der Waals surface area contributed by atoms with Gasteiger partial charge in [0.25, 0.3) is 0 Å². The van der Waals surface area contributed by atoms with E-state index >= 15 is 0 Å². The Bertz CT molecular complexity index is 3940. The molecule has 0 radical (unpaired) electrons. The summed E-state index contributed by atoms with van der Waals surface area (Å²) >= 11 is 0. The van der Waals surface area contributed by atoms with E-state index in [0.29, 0.717) is 81.5 Å². The highest BCUT2D eigenvalue weighted by Crippen LogP contribution is 2.46. The fourth-order valence-corrected chi connectivity index (χ4v) is 14.9. The Balaban J connectivity index is 0.000000257. The first-order valence-electron chi connectivity index (χ1n) is 34.1. The third-order valence-corrected chi connectivity index (χ3v) is 22.3. The minimum Gasteiger partial charge on any atom is -0.481 e. The second kappa shape index (κ2) is 37.7. The molecule has 102 heavy (non-hydrogen) atoms. The summed E-state index contributed by atoms with van der Waals surface area (Å²) in [6.45, 7) is 18.7. The van der Waals surface area contributed by atoms with Crippen LogP contribution in [-0.2, 0) is 33.3 Å². The fourth-order valence-electron chi connectivity index (χ4n) is 12.0. The summed E-state index contributed by atoms with van der Waals surface area (Å²) in [7, 11) is 0. The van der Waals surface area contributed by atoms with Gasteiger partial charge in [0.15, 0.2) is 18.7 Å². The minimum absolute atomic E-state index is 0. The van der Waals surface area contributed by atoms with Gasteiger partial charge in [-0.15, -0.1) is 45.5 Å². The van der Waals surface area contributed by atoms with E-state index < -0.39 is 118 Å². The maximum atomic E-state index is 12.6. The number of carboxylic acid groups (broad SMARTS) is 1. The van der Waals surface area contributed by atoms with E-state index in [1.54, 1.807) is 65.5 Å². The number of carbonyl (C=O) groups excluding carboxylic acids is 2. The molecule has 0 bridgehead atoms. The zero-order valence-electron chi connectivity index (χ0n) is 59.6. The highest BCUT2D eigenvalue weighted by molar-refractivity contribution is 7.72. The van der Waals surface area contributed by atoms with E-state index in [1.165, 1.54) is 0 Å². The van der Waals surface area contributed by atoms with Gasteiger partial charge in [0.05, 0.1) is 35.7 Å². The Labute approximate surface area is 600 Å². The second-order valence-corrected chi connectivity index (χ2v) is 41.4. The molecule has 0 spiro atoms. The van der Waals surface area contributed by atoms with Crippen LogP contribution >= 0.6 is 20.7 Å². The van der Waals surface area contributed by atoms with Gasteiger partial charge in [-0.3, -0.25) is 28.7 Å². The maximum Gasteiger partial charge on any atom is 0.516 e. The van der Waals surface area contributed by atoms with Crippen LogP contribution < -0.4 is 28.4 Å². The lowest BCUT2D eigenvalue weighted by Crippen LogP contribution is -2.42. The van der Waals surface area contributed by atoms with Crippen molar-refractivity contribution in [2.45, 2.75) is 166 Å². The molecule has 5 aliphatic rings. The molecule has 13 N–H and O–H groups in total. The summed E-state index contributed by atoms with van der Waals surface area (Å²) in [6.07, 6.45) is 14.4. The number of aliphatic imine (C=N–C) groups is 1. The lowest BCUT2D eigenvalue weighted by Gasteiger charge is -2.31.